The van der Waals surface area contributed by atoms with E-state index in [0.717, 1.165) is 29.6 Å². The Morgan fingerprint density at radius 3 is 2.42 bits per heavy atom. The van der Waals surface area contributed by atoms with Crippen LogP contribution in [-0.2, 0) is 12.8 Å². The van der Waals surface area contributed by atoms with Crippen LogP contribution in [0.2, 0.25) is 0 Å². The second-order valence-corrected chi connectivity index (χ2v) is 5.98. The number of nitrogens with zero attached hydrogens (tertiary/aromatic N) is 2. The predicted molar refractivity (Wildman–Crippen MR) is 101 cm³/mol. The number of aryl methyl sites for hydroxylation is 3. The van der Waals surface area contributed by atoms with Crippen LogP contribution in [0.1, 0.15) is 36.2 Å². The van der Waals surface area contributed by atoms with Crippen molar-refractivity contribution in [1.29, 1.82) is 0 Å². The molecule has 3 rings (SSSR count). The number of aromatic nitrogens is 1. The number of phenols is 1. The first-order valence-corrected chi connectivity index (χ1v) is 8.37. The summed E-state index contributed by atoms with van der Waals surface area (Å²) in [6.07, 6.45) is 3.69. The van der Waals surface area contributed by atoms with Gasteiger partial charge in [-0.3, -0.25) is 4.99 Å². The highest BCUT2D eigenvalue weighted by atomic mass is 16.3. The number of rotatable bonds is 4. The molecule has 122 valence electrons. The van der Waals surface area contributed by atoms with Gasteiger partial charge in [-0.25, -0.2) is 4.98 Å². The molecule has 24 heavy (non-hydrogen) atoms. The molecule has 3 aromatic rings. The van der Waals surface area contributed by atoms with Gasteiger partial charge in [0, 0.05) is 5.39 Å². The van der Waals surface area contributed by atoms with Gasteiger partial charge < -0.3 is 5.11 Å². The van der Waals surface area contributed by atoms with Gasteiger partial charge in [0.2, 0.25) is 0 Å². The first-order chi connectivity index (χ1) is 11.6. The van der Waals surface area contributed by atoms with Crippen LogP contribution < -0.4 is 0 Å². The molecule has 0 atom stereocenters. The zero-order valence-corrected chi connectivity index (χ0v) is 14.4. The molecule has 0 unspecified atom stereocenters. The van der Waals surface area contributed by atoms with Crippen molar-refractivity contribution in [2.45, 2.75) is 33.6 Å². The van der Waals surface area contributed by atoms with Crippen molar-refractivity contribution >= 4 is 22.8 Å². The lowest BCUT2D eigenvalue weighted by molar-refractivity contribution is 0.480. The fourth-order valence-electron chi connectivity index (χ4n) is 2.99. The van der Waals surface area contributed by atoms with Crippen molar-refractivity contribution in [3.05, 3.63) is 64.8 Å². The SMILES string of the molecule is CCc1cc(C)cc(CC)c1N=Cc1ccc2cccc(O)c2n1. The molecule has 0 spiro atoms. The Morgan fingerprint density at radius 1 is 1.04 bits per heavy atom. The maximum Gasteiger partial charge on any atom is 0.141 e. The van der Waals surface area contributed by atoms with E-state index in [9.17, 15) is 5.11 Å². The summed E-state index contributed by atoms with van der Waals surface area (Å²) in [6, 6.07) is 13.7. The van der Waals surface area contributed by atoms with Crippen molar-refractivity contribution in [2.75, 3.05) is 0 Å². The number of phenolic OH excluding ortho intramolecular Hbond substituents is 1. The van der Waals surface area contributed by atoms with Gasteiger partial charge in [-0.05, 0) is 43.0 Å². The monoisotopic (exact) mass is 318 g/mol. The summed E-state index contributed by atoms with van der Waals surface area (Å²) in [7, 11) is 0. The van der Waals surface area contributed by atoms with E-state index in [1.54, 1.807) is 12.3 Å². The fraction of sp³-hybridized carbons (Fsp3) is 0.238. The number of aromatic hydroxyl groups is 1. The highest BCUT2D eigenvalue weighted by Crippen LogP contribution is 2.28. The highest BCUT2D eigenvalue weighted by Gasteiger charge is 2.07. The molecule has 0 amide bonds. The standard InChI is InChI=1S/C21H22N2O/c1-4-15-11-14(3)12-16(5-2)20(15)22-13-18-10-9-17-7-6-8-19(24)21(17)23-18/h6-13,24H,4-5H2,1-3H3. The number of fused-ring (bicyclic) bond motifs is 1. The molecular formula is C21H22N2O. The largest absolute Gasteiger partial charge is 0.506 e. The van der Waals surface area contributed by atoms with E-state index in [2.05, 4.69) is 37.9 Å². The minimum absolute atomic E-state index is 0.196. The average molecular weight is 318 g/mol. The third kappa shape index (κ3) is 3.16. The molecule has 2 aromatic carbocycles. The molecule has 3 heteroatoms. The number of hydrogen-bond donors (Lipinski definition) is 1. The van der Waals surface area contributed by atoms with Gasteiger partial charge in [-0.15, -0.1) is 0 Å². The molecule has 0 aliphatic carbocycles. The number of aliphatic imine (C=N–C) groups is 1. The van der Waals surface area contributed by atoms with Crippen molar-refractivity contribution in [2.24, 2.45) is 4.99 Å². The molecule has 0 bridgehead atoms. The van der Waals surface area contributed by atoms with E-state index >= 15 is 0 Å². The Hall–Kier alpha value is -2.68. The molecular weight excluding hydrogens is 296 g/mol. The van der Waals surface area contributed by atoms with Gasteiger partial charge in [0.15, 0.2) is 0 Å². The first-order valence-electron chi connectivity index (χ1n) is 8.37. The lowest BCUT2D eigenvalue weighted by Crippen LogP contribution is -1.93. The summed E-state index contributed by atoms with van der Waals surface area (Å²) in [5, 5.41) is 10.9. The topological polar surface area (TPSA) is 45.5 Å². The van der Waals surface area contributed by atoms with Gasteiger partial charge in [-0.2, -0.15) is 0 Å². The molecule has 1 aromatic heterocycles. The van der Waals surface area contributed by atoms with Crippen LogP contribution in [0.3, 0.4) is 0 Å². The van der Waals surface area contributed by atoms with Crippen LogP contribution in [0.15, 0.2) is 47.5 Å². The van der Waals surface area contributed by atoms with E-state index in [0.29, 0.717) is 5.52 Å². The van der Waals surface area contributed by atoms with E-state index in [4.69, 9.17) is 4.99 Å². The van der Waals surface area contributed by atoms with Crippen molar-refractivity contribution < 1.29 is 5.11 Å². The molecule has 3 nitrogen and oxygen atoms in total. The van der Waals surface area contributed by atoms with Crippen molar-refractivity contribution in [3.8, 4) is 5.75 Å². The average Bonchev–Trinajstić information content (AvgIpc) is 2.60. The Morgan fingerprint density at radius 2 is 1.75 bits per heavy atom. The Bertz CT molecular complexity index is 888. The lowest BCUT2D eigenvalue weighted by atomic mass is 10.00. The van der Waals surface area contributed by atoms with Crippen molar-refractivity contribution in [3.63, 3.8) is 0 Å². The minimum Gasteiger partial charge on any atom is -0.506 e. The zero-order valence-electron chi connectivity index (χ0n) is 14.4. The summed E-state index contributed by atoms with van der Waals surface area (Å²) in [6.45, 7) is 6.43. The Labute approximate surface area is 142 Å². The second-order valence-electron chi connectivity index (χ2n) is 5.98. The molecule has 1 N–H and O–H groups in total. The first kappa shape index (κ1) is 16.2. The van der Waals surface area contributed by atoms with Gasteiger partial charge in [0.1, 0.15) is 11.3 Å². The smallest absolute Gasteiger partial charge is 0.141 e. The molecule has 0 fully saturated rings. The molecule has 0 saturated carbocycles. The van der Waals surface area contributed by atoms with E-state index in [-0.39, 0.29) is 5.75 Å². The summed E-state index contributed by atoms with van der Waals surface area (Å²) in [4.78, 5) is 9.25. The molecule has 1 heterocycles. The minimum atomic E-state index is 0.196. The summed E-state index contributed by atoms with van der Waals surface area (Å²) >= 11 is 0. The van der Waals surface area contributed by atoms with Gasteiger partial charge in [0.25, 0.3) is 0 Å². The van der Waals surface area contributed by atoms with Gasteiger partial charge in [0.05, 0.1) is 17.6 Å². The number of hydrogen-bond acceptors (Lipinski definition) is 3. The van der Waals surface area contributed by atoms with Gasteiger partial charge in [-0.1, -0.05) is 49.7 Å². The van der Waals surface area contributed by atoms with Crippen LogP contribution in [0.25, 0.3) is 10.9 Å². The molecule has 0 saturated heterocycles. The van der Waals surface area contributed by atoms with Crippen LogP contribution >= 0.6 is 0 Å². The Kier molecular flexibility index (Phi) is 4.61. The normalized spacial score (nSPS) is 11.5. The van der Waals surface area contributed by atoms with E-state index in [1.807, 2.05) is 24.3 Å². The van der Waals surface area contributed by atoms with E-state index in [1.165, 1.54) is 16.7 Å². The molecule has 0 aliphatic rings. The van der Waals surface area contributed by atoms with Crippen LogP contribution in [-0.4, -0.2) is 16.3 Å². The quantitative estimate of drug-likeness (QED) is 0.678. The van der Waals surface area contributed by atoms with Gasteiger partial charge >= 0.3 is 0 Å². The maximum atomic E-state index is 9.97. The third-order valence-electron chi connectivity index (χ3n) is 4.22. The maximum absolute atomic E-state index is 9.97. The van der Waals surface area contributed by atoms with Crippen LogP contribution in [0, 0.1) is 6.92 Å². The Balaban J connectivity index is 2.04. The number of para-hydroxylation sites is 1. The number of benzene rings is 2. The lowest BCUT2D eigenvalue weighted by Gasteiger charge is -2.10. The summed E-state index contributed by atoms with van der Waals surface area (Å²) in [5.74, 6) is 0.196. The predicted octanol–water partition coefficient (Wildman–Crippen LogP) is 5.12. The highest BCUT2D eigenvalue weighted by molar-refractivity contribution is 5.89. The molecule has 0 radical (unpaired) electrons. The van der Waals surface area contributed by atoms with Crippen LogP contribution in [0.5, 0.6) is 5.75 Å². The van der Waals surface area contributed by atoms with Crippen LogP contribution in [0.4, 0.5) is 5.69 Å². The third-order valence-corrected chi connectivity index (χ3v) is 4.22. The van der Waals surface area contributed by atoms with Crippen molar-refractivity contribution in [1.82, 2.24) is 4.98 Å². The fourth-order valence-corrected chi connectivity index (χ4v) is 2.99. The number of pyridine rings is 1. The second kappa shape index (κ2) is 6.83. The molecule has 0 aliphatic heterocycles. The summed E-state index contributed by atoms with van der Waals surface area (Å²) in [5.41, 5.74) is 6.19. The summed E-state index contributed by atoms with van der Waals surface area (Å²) < 4.78 is 0. The van der Waals surface area contributed by atoms with E-state index < -0.39 is 0 Å². The zero-order chi connectivity index (χ0) is 17.1.